The van der Waals surface area contributed by atoms with Crippen molar-refractivity contribution in [2.24, 2.45) is 0 Å². The number of benzene rings is 2. The fourth-order valence-corrected chi connectivity index (χ4v) is 1.85. The SMILES string of the molecule is COc1ccc(Nc2cc(C)c(C)cc2N)cc1F. The molecule has 0 spiro atoms. The van der Waals surface area contributed by atoms with Crippen LogP contribution in [0.5, 0.6) is 5.75 Å². The molecule has 0 saturated carbocycles. The highest BCUT2D eigenvalue weighted by Gasteiger charge is 2.06. The Hall–Kier alpha value is -2.23. The Morgan fingerprint density at radius 3 is 2.42 bits per heavy atom. The molecule has 0 heterocycles. The second-order valence-electron chi connectivity index (χ2n) is 4.50. The van der Waals surface area contributed by atoms with Crippen LogP contribution in [0.2, 0.25) is 0 Å². The highest BCUT2D eigenvalue weighted by atomic mass is 19.1. The van der Waals surface area contributed by atoms with Crippen molar-refractivity contribution in [1.29, 1.82) is 0 Å². The maximum Gasteiger partial charge on any atom is 0.167 e. The smallest absolute Gasteiger partial charge is 0.167 e. The van der Waals surface area contributed by atoms with Crippen molar-refractivity contribution in [3.8, 4) is 5.75 Å². The molecule has 2 aromatic carbocycles. The van der Waals surface area contributed by atoms with E-state index in [1.165, 1.54) is 13.2 Å². The molecule has 0 aliphatic carbocycles. The minimum atomic E-state index is -0.407. The molecule has 0 aliphatic rings. The third-order valence-corrected chi connectivity index (χ3v) is 3.10. The number of hydrogen-bond acceptors (Lipinski definition) is 3. The van der Waals surface area contributed by atoms with Crippen molar-refractivity contribution in [3.63, 3.8) is 0 Å². The molecule has 0 atom stereocenters. The van der Waals surface area contributed by atoms with Gasteiger partial charge in [0.25, 0.3) is 0 Å². The maximum atomic E-state index is 13.6. The first-order chi connectivity index (χ1) is 9.01. The number of halogens is 1. The first-order valence-corrected chi connectivity index (χ1v) is 5.98. The van der Waals surface area contributed by atoms with Crippen LogP contribution < -0.4 is 15.8 Å². The Morgan fingerprint density at radius 2 is 1.79 bits per heavy atom. The molecule has 0 aromatic heterocycles. The lowest BCUT2D eigenvalue weighted by Gasteiger charge is -2.13. The Balaban J connectivity index is 2.31. The van der Waals surface area contributed by atoms with E-state index in [1.54, 1.807) is 12.1 Å². The Morgan fingerprint density at radius 1 is 1.11 bits per heavy atom. The van der Waals surface area contributed by atoms with Gasteiger partial charge in [-0.05, 0) is 49.2 Å². The molecule has 0 aliphatic heterocycles. The van der Waals surface area contributed by atoms with Gasteiger partial charge in [0.15, 0.2) is 11.6 Å². The molecule has 0 radical (unpaired) electrons. The van der Waals surface area contributed by atoms with Crippen LogP contribution in [0.15, 0.2) is 30.3 Å². The molecule has 3 nitrogen and oxygen atoms in total. The van der Waals surface area contributed by atoms with Crippen LogP contribution in [0.1, 0.15) is 11.1 Å². The van der Waals surface area contributed by atoms with Crippen molar-refractivity contribution >= 4 is 17.1 Å². The zero-order chi connectivity index (χ0) is 14.0. The molecule has 0 saturated heterocycles. The first-order valence-electron chi connectivity index (χ1n) is 5.98. The van der Waals surface area contributed by atoms with E-state index in [-0.39, 0.29) is 5.75 Å². The van der Waals surface area contributed by atoms with Gasteiger partial charge in [0.1, 0.15) is 0 Å². The first kappa shape index (κ1) is 13.2. The maximum absolute atomic E-state index is 13.6. The third-order valence-electron chi connectivity index (χ3n) is 3.10. The fourth-order valence-electron chi connectivity index (χ4n) is 1.85. The van der Waals surface area contributed by atoms with Crippen LogP contribution >= 0.6 is 0 Å². The molecule has 0 bridgehead atoms. The molecule has 100 valence electrons. The second kappa shape index (κ2) is 5.18. The average molecular weight is 260 g/mol. The summed E-state index contributed by atoms with van der Waals surface area (Å²) < 4.78 is 18.5. The molecule has 4 heteroatoms. The molecule has 0 unspecified atom stereocenters. The summed E-state index contributed by atoms with van der Waals surface area (Å²) >= 11 is 0. The van der Waals surface area contributed by atoms with Gasteiger partial charge in [-0.3, -0.25) is 0 Å². The minimum absolute atomic E-state index is 0.221. The monoisotopic (exact) mass is 260 g/mol. The van der Waals surface area contributed by atoms with Gasteiger partial charge >= 0.3 is 0 Å². The summed E-state index contributed by atoms with van der Waals surface area (Å²) in [5.74, 6) is -0.187. The van der Waals surface area contributed by atoms with E-state index in [2.05, 4.69) is 5.32 Å². The number of anilines is 3. The predicted octanol–water partition coefficient (Wildman–Crippen LogP) is 3.78. The van der Waals surface area contributed by atoms with Gasteiger partial charge in [0, 0.05) is 11.8 Å². The lowest BCUT2D eigenvalue weighted by Crippen LogP contribution is -1.99. The third kappa shape index (κ3) is 2.78. The summed E-state index contributed by atoms with van der Waals surface area (Å²) in [6.45, 7) is 4.01. The second-order valence-corrected chi connectivity index (χ2v) is 4.50. The molecule has 2 aromatic rings. The quantitative estimate of drug-likeness (QED) is 0.826. The van der Waals surface area contributed by atoms with Crippen LogP contribution in [0, 0.1) is 19.7 Å². The average Bonchev–Trinajstić information content (AvgIpc) is 2.36. The van der Waals surface area contributed by atoms with E-state index in [0.717, 1.165) is 16.8 Å². The molecule has 19 heavy (non-hydrogen) atoms. The number of aryl methyl sites for hydroxylation is 2. The molecule has 2 rings (SSSR count). The van der Waals surface area contributed by atoms with E-state index >= 15 is 0 Å². The number of nitrogens with one attached hydrogen (secondary N) is 1. The van der Waals surface area contributed by atoms with Crippen molar-refractivity contribution in [2.75, 3.05) is 18.2 Å². The van der Waals surface area contributed by atoms with E-state index in [0.29, 0.717) is 11.4 Å². The van der Waals surface area contributed by atoms with Crippen LogP contribution in [0.4, 0.5) is 21.5 Å². The molecular weight excluding hydrogens is 243 g/mol. The van der Waals surface area contributed by atoms with Crippen LogP contribution in [-0.4, -0.2) is 7.11 Å². The zero-order valence-electron chi connectivity index (χ0n) is 11.3. The van der Waals surface area contributed by atoms with Gasteiger partial charge < -0.3 is 15.8 Å². The van der Waals surface area contributed by atoms with Gasteiger partial charge in [0.2, 0.25) is 0 Å². The lowest BCUT2D eigenvalue weighted by molar-refractivity contribution is 0.386. The molecular formula is C15H17FN2O. The Bertz CT molecular complexity index is 611. The number of ether oxygens (including phenoxy) is 1. The highest BCUT2D eigenvalue weighted by molar-refractivity contribution is 5.74. The van der Waals surface area contributed by atoms with E-state index in [1.807, 2.05) is 26.0 Å². The van der Waals surface area contributed by atoms with E-state index in [4.69, 9.17) is 10.5 Å². The number of nitrogens with two attached hydrogens (primary N) is 1. The minimum Gasteiger partial charge on any atom is -0.494 e. The topological polar surface area (TPSA) is 47.3 Å². The summed E-state index contributed by atoms with van der Waals surface area (Å²) in [6.07, 6.45) is 0. The van der Waals surface area contributed by atoms with Gasteiger partial charge in [-0.15, -0.1) is 0 Å². The van der Waals surface area contributed by atoms with Crippen LogP contribution in [-0.2, 0) is 0 Å². The van der Waals surface area contributed by atoms with Crippen LogP contribution in [0.25, 0.3) is 0 Å². The normalized spacial score (nSPS) is 10.3. The largest absolute Gasteiger partial charge is 0.494 e. The summed E-state index contributed by atoms with van der Waals surface area (Å²) in [7, 11) is 1.44. The van der Waals surface area contributed by atoms with Crippen molar-refractivity contribution in [1.82, 2.24) is 0 Å². The number of methoxy groups -OCH3 is 1. The summed E-state index contributed by atoms with van der Waals surface area (Å²) in [4.78, 5) is 0. The zero-order valence-corrected chi connectivity index (χ0v) is 11.3. The van der Waals surface area contributed by atoms with Crippen molar-refractivity contribution in [2.45, 2.75) is 13.8 Å². The lowest BCUT2D eigenvalue weighted by atomic mass is 10.1. The molecule has 3 N–H and O–H groups in total. The molecule has 0 amide bonds. The van der Waals surface area contributed by atoms with Crippen molar-refractivity contribution < 1.29 is 9.13 Å². The number of rotatable bonds is 3. The summed E-state index contributed by atoms with van der Waals surface area (Å²) in [6, 6.07) is 8.56. The van der Waals surface area contributed by atoms with Gasteiger partial charge in [-0.25, -0.2) is 4.39 Å². The standard InChI is InChI=1S/C15H17FN2O/c1-9-6-13(17)14(7-10(9)2)18-11-4-5-15(19-3)12(16)8-11/h4-8,18H,17H2,1-3H3. The van der Waals surface area contributed by atoms with Crippen LogP contribution in [0.3, 0.4) is 0 Å². The van der Waals surface area contributed by atoms with E-state index in [9.17, 15) is 4.39 Å². The number of hydrogen-bond donors (Lipinski definition) is 2. The number of nitrogen functional groups attached to an aromatic ring is 1. The van der Waals surface area contributed by atoms with E-state index < -0.39 is 5.82 Å². The Kier molecular flexibility index (Phi) is 3.60. The summed E-state index contributed by atoms with van der Waals surface area (Å²) in [5, 5.41) is 3.11. The fraction of sp³-hybridized carbons (Fsp3) is 0.200. The molecule has 0 fully saturated rings. The van der Waals surface area contributed by atoms with Gasteiger partial charge in [0.05, 0.1) is 18.5 Å². The highest BCUT2D eigenvalue weighted by Crippen LogP contribution is 2.28. The summed E-state index contributed by atoms with van der Waals surface area (Å²) in [5.41, 5.74) is 10.3. The van der Waals surface area contributed by atoms with Gasteiger partial charge in [-0.1, -0.05) is 0 Å². The predicted molar refractivity (Wildman–Crippen MR) is 76.6 cm³/mol. The van der Waals surface area contributed by atoms with Crippen molar-refractivity contribution in [3.05, 3.63) is 47.3 Å². The Labute approximate surface area is 112 Å². The van der Waals surface area contributed by atoms with Gasteiger partial charge in [-0.2, -0.15) is 0 Å².